The Balaban J connectivity index is 1.62. The van der Waals surface area contributed by atoms with Crippen LogP contribution in [0, 0.1) is 5.92 Å². The summed E-state index contributed by atoms with van der Waals surface area (Å²) in [6.07, 6.45) is 5.68. The second kappa shape index (κ2) is 8.56. The highest BCUT2D eigenvalue weighted by atomic mass is 16.5. The summed E-state index contributed by atoms with van der Waals surface area (Å²) in [6.45, 7) is 4.60. The molecule has 0 bridgehead atoms. The first-order valence-corrected chi connectivity index (χ1v) is 9.43. The molecule has 2 heterocycles. The molecule has 1 aromatic carbocycles. The van der Waals surface area contributed by atoms with Crippen molar-refractivity contribution >= 4 is 5.91 Å². The molecule has 1 atom stereocenters. The summed E-state index contributed by atoms with van der Waals surface area (Å²) in [6, 6.07) is 5.96. The monoisotopic (exact) mass is 346 g/mol. The van der Waals surface area contributed by atoms with Crippen LogP contribution in [0.5, 0.6) is 11.5 Å². The minimum atomic E-state index is 0.149. The molecule has 2 saturated heterocycles. The van der Waals surface area contributed by atoms with Gasteiger partial charge in [-0.3, -0.25) is 9.69 Å². The highest BCUT2D eigenvalue weighted by Gasteiger charge is 2.30. The lowest BCUT2D eigenvalue weighted by Crippen LogP contribution is -2.46. The third-order valence-electron chi connectivity index (χ3n) is 5.41. The molecule has 2 aliphatic rings. The molecule has 25 heavy (non-hydrogen) atoms. The summed E-state index contributed by atoms with van der Waals surface area (Å²) in [5.41, 5.74) is 1.15. The third-order valence-corrected chi connectivity index (χ3v) is 5.41. The highest BCUT2D eigenvalue weighted by Crippen LogP contribution is 2.28. The van der Waals surface area contributed by atoms with E-state index in [-0.39, 0.29) is 5.92 Å². The maximum absolute atomic E-state index is 12.8. The van der Waals surface area contributed by atoms with Crippen LogP contribution in [0.3, 0.4) is 0 Å². The van der Waals surface area contributed by atoms with E-state index in [1.54, 1.807) is 14.2 Å². The fraction of sp³-hybridized carbons (Fsp3) is 0.650. The van der Waals surface area contributed by atoms with Gasteiger partial charge in [-0.25, -0.2) is 0 Å². The molecule has 1 aromatic rings. The fourth-order valence-corrected chi connectivity index (χ4v) is 4.00. The maximum Gasteiger partial charge on any atom is 0.226 e. The number of likely N-dealkylation sites (tertiary alicyclic amines) is 2. The smallest absolute Gasteiger partial charge is 0.226 e. The van der Waals surface area contributed by atoms with Crippen LogP contribution in [0.15, 0.2) is 18.2 Å². The first-order chi connectivity index (χ1) is 12.2. The Hall–Kier alpha value is -1.75. The van der Waals surface area contributed by atoms with Crippen molar-refractivity contribution in [3.63, 3.8) is 0 Å². The molecule has 0 N–H and O–H groups in total. The number of carbonyl (C=O) groups is 1. The first-order valence-electron chi connectivity index (χ1n) is 9.43. The minimum absolute atomic E-state index is 0.149. The molecule has 0 aromatic heterocycles. The molecule has 2 fully saturated rings. The van der Waals surface area contributed by atoms with Gasteiger partial charge in [0.15, 0.2) is 0 Å². The number of hydrogen-bond acceptors (Lipinski definition) is 4. The average molecular weight is 346 g/mol. The summed E-state index contributed by atoms with van der Waals surface area (Å²) in [5.74, 6) is 2.17. The van der Waals surface area contributed by atoms with E-state index in [0.717, 1.165) is 75.5 Å². The second-order valence-corrected chi connectivity index (χ2v) is 7.14. The van der Waals surface area contributed by atoms with Crippen LogP contribution in [-0.4, -0.2) is 56.1 Å². The fourth-order valence-electron chi connectivity index (χ4n) is 4.00. The van der Waals surface area contributed by atoms with E-state index < -0.39 is 0 Å². The van der Waals surface area contributed by atoms with Crippen molar-refractivity contribution in [2.45, 2.75) is 38.6 Å². The number of benzene rings is 1. The van der Waals surface area contributed by atoms with Gasteiger partial charge in [-0.1, -0.05) is 6.07 Å². The second-order valence-electron chi connectivity index (χ2n) is 7.14. The van der Waals surface area contributed by atoms with Crippen LogP contribution < -0.4 is 9.47 Å². The van der Waals surface area contributed by atoms with Gasteiger partial charge >= 0.3 is 0 Å². The number of methoxy groups -OCH3 is 2. The number of amides is 1. The Morgan fingerprint density at radius 1 is 1.08 bits per heavy atom. The van der Waals surface area contributed by atoms with E-state index in [4.69, 9.17) is 9.47 Å². The van der Waals surface area contributed by atoms with Gasteiger partial charge in [-0.2, -0.15) is 0 Å². The summed E-state index contributed by atoms with van der Waals surface area (Å²) < 4.78 is 10.8. The molecule has 3 rings (SSSR count). The normalized spacial score (nSPS) is 21.8. The average Bonchev–Trinajstić information content (AvgIpc) is 2.68. The van der Waals surface area contributed by atoms with Gasteiger partial charge in [0.25, 0.3) is 0 Å². The van der Waals surface area contributed by atoms with E-state index in [2.05, 4.69) is 15.9 Å². The molecular formula is C20H30N2O3. The zero-order valence-corrected chi connectivity index (χ0v) is 15.5. The standard InChI is InChI=1S/C20H30N2O3/c1-24-18-9-8-16(19(13-18)25-2)14-21-10-6-7-17(15-21)20(23)22-11-4-3-5-12-22/h8-9,13,17H,3-7,10-12,14-15H2,1-2H3/t17-/m1/s1. The van der Waals surface area contributed by atoms with Crippen molar-refractivity contribution in [2.75, 3.05) is 40.4 Å². The molecule has 0 unspecified atom stereocenters. The Labute approximate surface area is 150 Å². The molecule has 0 radical (unpaired) electrons. The Kier molecular flexibility index (Phi) is 6.19. The topological polar surface area (TPSA) is 42.0 Å². The molecule has 138 valence electrons. The van der Waals surface area contributed by atoms with Crippen molar-refractivity contribution in [2.24, 2.45) is 5.92 Å². The first kappa shape index (κ1) is 18.1. The number of piperidine rings is 2. The Morgan fingerprint density at radius 3 is 2.60 bits per heavy atom. The van der Waals surface area contributed by atoms with Gasteiger partial charge in [0.2, 0.25) is 5.91 Å². The highest BCUT2D eigenvalue weighted by molar-refractivity contribution is 5.79. The van der Waals surface area contributed by atoms with Gasteiger partial charge in [-0.05, 0) is 44.7 Å². The van der Waals surface area contributed by atoms with Crippen LogP contribution in [-0.2, 0) is 11.3 Å². The summed E-state index contributed by atoms with van der Waals surface area (Å²) in [4.78, 5) is 17.3. The molecule has 0 saturated carbocycles. The van der Waals surface area contributed by atoms with Gasteiger partial charge in [0.05, 0.1) is 20.1 Å². The Bertz CT molecular complexity index is 584. The number of ether oxygens (including phenoxy) is 2. The van der Waals surface area contributed by atoms with Gasteiger partial charge in [0, 0.05) is 37.8 Å². The zero-order valence-electron chi connectivity index (χ0n) is 15.5. The third kappa shape index (κ3) is 4.46. The van der Waals surface area contributed by atoms with Crippen molar-refractivity contribution in [3.05, 3.63) is 23.8 Å². The van der Waals surface area contributed by atoms with E-state index in [1.807, 2.05) is 12.1 Å². The van der Waals surface area contributed by atoms with Gasteiger partial charge < -0.3 is 14.4 Å². The lowest BCUT2D eigenvalue weighted by Gasteiger charge is -2.36. The molecule has 5 nitrogen and oxygen atoms in total. The molecule has 5 heteroatoms. The zero-order chi connectivity index (χ0) is 17.6. The van der Waals surface area contributed by atoms with Crippen molar-refractivity contribution in [1.82, 2.24) is 9.80 Å². The van der Waals surface area contributed by atoms with Crippen LogP contribution in [0.25, 0.3) is 0 Å². The summed E-state index contributed by atoms with van der Waals surface area (Å²) in [5, 5.41) is 0. The number of nitrogens with zero attached hydrogens (tertiary/aromatic N) is 2. The van der Waals surface area contributed by atoms with E-state index in [9.17, 15) is 4.79 Å². The van der Waals surface area contributed by atoms with Gasteiger partial charge in [-0.15, -0.1) is 0 Å². The number of hydrogen-bond donors (Lipinski definition) is 0. The lowest BCUT2D eigenvalue weighted by molar-refractivity contribution is -0.138. The van der Waals surface area contributed by atoms with E-state index in [0.29, 0.717) is 5.91 Å². The Morgan fingerprint density at radius 2 is 1.88 bits per heavy atom. The molecule has 1 amide bonds. The maximum atomic E-state index is 12.8. The summed E-state index contributed by atoms with van der Waals surface area (Å²) >= 11 is 0. The molecule has 0 spiro atoms. The number of rotatable bonds is 5. The van der Waals surface area contributed by atoms with Gasteiger partial charge in [0.1, 0.15) is 11.5 Å². The van der Waals surface area contributed by atoms with Crippen molar-refractivity contribution in [3.8, 4) is 11.5 Å². The van der Waals surface area contributed by atoms with Crippen LogP contribution in [0.1, 0.15) is 37.7 Å². The largest absolute Gasteiger partial charge is 0.497 e. The molecule has 0 aliphatic carbocycles. The van der Waals surface area contributed by atoms with Crippen molar-refractivity contribution in [1.29, 1.82) is 0 Å². The minimum Gasteiger partial charge on any atom is -0.497 e. The number of carbonyl (C=O) groups excluding carboxylic acids is 1. The summed E-state index contributed by atoms with van der Waals surface area (Å²) in [7, 11) is 3.35. The SMILES string of the molecule is COc1ccc(CN2CCC[C@@H](C(=O)N3CCCCC3)C2)c(OC)c1. The van der Waals surface area contributed by atoms with Crippen molar-refractivity contribution < 1.29 is 14.3 Å². The lowest BCUT2D eigenvalue weighted by atomic mass is 9.95. The predicted octanol–water partition coefficient (Wildman–Crippen LogP) is 2.93. The van der Waals surface area contributed by atoms with Crippen LogP contribution in [0.2, 0.25) is 0 Å². The van der Waals surface area contributed by atoms with E-state index >= 15 is 0 Å². The molecular weight excluding hydrogens is 316 g/mol. The predicted molar refractivity (Wildman–Crippen MR) is 98.0 cm³/mol. The molecule has 2 aliphatic heterocycles. The quantitative estimate of drug-likeness (QED) is 0.822. The van der Waals surface area contributed by atoms with E-state index in [1.165, 1.54) is 6.42 Å². The van der Waals surface area contributed by atoms with Crippen LogP contribution >= 0.6 is 0 Å². The van der Waals surface area contributed by atoms with Crippen LogP contribution in [0.4, 0.5) is 0 Å².